The molecule has 6 nitrogen and oxygen atoms in total. The summed E-state index contributed by atoms with van der Waals surface area (Å²) in [4.78, 5) is 11.7. The molecule has 0 bridgehead atoms. The van der Waals surface area contributed by atoms with Crippen LogP contribution in [-0.4, -0.2) is 32.9 Å². The van der Waals surface area contributed by atoms with Crippen LogP contribution in [0.1, 0.15) is 11.1 Å². The second kappa shape index (κ2) is 8.57. The molecule has 0 saturated heterocycles. The van der Waals surface area contributed by atoms with Gasteiger partial charge in [-0.15, -0.1) is 0 Å². The van der Waals surface area contributed by atoms with Crippen molar-refractivity contribution in [1.29, 1.82) is 0 Å². The van der Waals surface area contributed by atoms with Gasteiger partial charge in [-0.25, -0.2) is 5.43 Å². The van der Waals surface area contributed by atoms with Gasteiger partial charge in [0.15, 0.2) is 6.61 Å². The highest BCUT2D eigenvalue weighted by atomic mass is 16.5. The largest absolute Gasteiger partial charge is 0.497 e. The van der Waals surface area contributed by atoms with Gasteiger partial charge >= 0.3 is 0 Å². The Morgan fingerprint density at radius 2 is 1.79 bits per heavy atom. The molecular weight excluding hydrogens is 308 g/mol. The number of amides is 1. The van der Waals surface area contributed by atoms with Crippen molar-refractivity contribution >= 4 is 12.1 Å². The van der Waals surface area contributed by atoms with Gasteiger partial charge in [-0.05, 0) is 31.2 Å². The van der Waals surface area contributed by atoms with Crippen LogP contribution < -0.4 is 19.6 Å². The summed E-state index contributed by atoms with van der Waals surface area (Å²) in [5, 5.41) is 3.91. The van der Waals surface area contributed by atoms with E-state index in [4.69, 9.17) is 14.2 Å². The van der Waals surface area contributed by atoms with Crippen LogP contribution in [0.4, 0.5) is 0 Å². The van der Waals surface area contributed by atoms with Crippen LogP contribution in [0.5, 0.6) is 17.2 Å². The first-order valence-electron chi connectivity index (χ1n) is 7.36. The lowest BCUT2D eigenvalue weighted by atomic mass is 10.2. The fraction of sp³-hybridized carbons (Fsp3) is 0.222. The molecule has 0 aliphatic rings. The number of benzene rings is 2. The average Bonchev–Trinajstić information content (AvgIpc) is 2.61. The standard InChI is InChI=1S/C18H20N2O4/c1-13-4-7-15(8-5-13)24-12-18(21)20-19-11-14-6-9-16(22-2)10-17(14)23-3/h4-11H,12H2,1-3H3,(H,20,21). The van der Waals surface area contributed by atoms with Crippen molar-refractivity contribution in [3.05, 3.63) is 53.6 Å². The predicted molar refractivity (Wildman–Crippen MR) is 92.0 cm³/mol. The molecule has 1 amide bonds. The van der Waals surface area contributed by atoms with Crippen molar-refractivity contribution in [3.63, 3.8) is 0 Å². The first kappa shape index (κ1) is 17.3. The van der Waals surface area contributed by atoms with Gasteiger partial charge in [-0.2, -0.15) is 5.10 Å². The second-order valence-electron chi connectivity index (χ2n) is 5.00. The van der Waals surface area contributed by atoms with Gasteiger partial charge in [0.25, 0.3) is 5.91 Å². The van der Waals surface area contributed by atoms with Gasteiger partial charge in [0.05, 0.1) is 20.4 Å². The fourth-order valence-corrected chi connectivity index (χ4v) is 1.91. The summed E-state index contributed by atoms with van der Waals surface area (Å²) in [6.45, 7) is 1.87. The van der Waals surface area contributed by atoms with Crippen LogP contribution in [0.2, 0.25) is 0 Å². The van der Waals surface area contributed by atoms with Gasteiger partial charge in [-0.1, -0.05) is 17.7 Å². The number of rotatable bonds is 7. The van der Waals surface area contributed by atoms with Crippen LogP contribution in [0.3, 0.4) is 0 Å². The van der Waals surface area contributed by atoms with Gasteiger partial charge in [0.2, 0.25) is 0 Å². The van der Waals surface area contributed by atoms with Gasteiger partial charge in [-0.3, -0.25) is 4.79 Å². The molecule has 1 N–H and O–H groups in total. The average molecular weight is 328 g/mol. The van der Waals surface area contributed by atoms with E-state index < -0.39 is 0 Å². The van der Waals surface area contributed by atoms with Crippen LogP contribution >= 0.6 is 0 Å². The molecule has 24 heavy (non-hydrogen) atoms. The molecule has 2 aromatic carbocycles. The summed E-state index contributed by atoms with van der Waals surface area (Å²) in [6.07, 6.45) is 1.50. The minimum Gasteiger partial charge on any atom is -0.497 e. The molecule has 0 fully saturated rings. The summed E-state index contributed by atoms with van der Waals surface area (Å²) in [5.74, 6) is 1.57. The zero-order chi connectivity index (χ0) is 17.4. The molecule has 0 spiro atoms. The molecule has 0 aliphatic heterocycles. The smallest absolute Gasteiger partial charge is 0.277 e. The molecule has 0 aliphatic carbocycles. The SMILES string of the molecule is COc1ccc(C=NNC(=O)COc2ccc(C)cc2)c(OC)c1. The summed E-state index contributed by atoms with van der Waals surface area (Å²) in [6, 6.07) is 12.8. The Morgan fingerprint density at radius 3 is 2.46 bits per heavy atom. The summed E-state index contributed by atoms with van der Waals surface area (Å²) < 4.78 is 15.8. The Kier molecular flexibility index (Phi) is 6.19. The van der Waals surface area contributed by atoms with Crippen molar-refractivity contribution in [1.82, 2.24) is 5.43 Å². The van der Waals surface area contributed by atoms with Crippen LogP contribution in [0, 0.1) is 6.92 Å². The van der Waals surface area contributed by atoms with E-state index in [-0.39, 0.29) is 12.5 Å². The highest BCUT2D eigenvalue weighted by molar-refractivity contribution is 5.85. The molecule has 6 heteroatoms. The van der Waals surface area contributed by atoms with Gasteiger partial charge in [0.1, 0.15) is 17.2 Å². The topological polar surface area (TPSA) is 69.2 Å². The molecule has 0 saturated carbocycles. The number of hydrogen-bond donors (Lipinski definition) is 1. The molecule has 126 valence electrons. The molecule has 0 unspecified atom stereocenters. The minimum absolute atomic E-state index is 0.111. The zero-order valence-corrected chi connectivity index (χ0v) is 13.9. The third-order valence-electron chi connectivity index (χ3n) is 3.22. The number of aryl methyl sites for hydroxylation is 1. The van der Waals surface area contributed by atoms with E-state index in [0.29, 0.717) is 17.2 Å². The number of methoxy groups -OCH3 is 2. The summed E-state index contributed by atoms with van der Waals surface area (Å²) in [5.41, 5.74) is 4.26. The molecule has 0 aromatic heterocycles. The number of carbonyl (C=O) groups excluding carboxylic acids is 1. The third-order valence-corrected chi connectivity index (χ3v) is 3.22. The maximum atomic E-state index is 11.7. The zero-order valence-electron chi connectivity index (χ0n) is 13.9. The van der Waals surface area contributed by atoms with E-state index in [1.165, 1.54) is 6.21 Å². The molecule has 0 radical (unpaired) electrons. The first-order valence-corrected chi connectivity index (χ1v) is 7.36. The third kappa shape index (κ3) is 5.01. The van der Waals surface area contributed by atoms with E-state index in [9.17, 15) is 4.79 Å². The second-order valence-corrected chi connectivity index (χ2v) is 5.00. The highest BCUT2D eigenvalue weighted by Gasteiger charge is 2.04. The van der Waals surface area contributed by atoms with Crippen LogP contribution in [0.25, 0.3) is 0 Å². The van der Waals surface area contributed by atoms with E-state index in [0.717, 1.165) is 11.1 Å². The Labute approximate surface area is 141 Å². The minimum atomic E-state index is -0.348. The van der Waals surface area contributed by atoms with Gasteiger partial charge < -0.3 is 14.2 Å². The lowest BCUT2D eigenvalue weighted by Gasteiger charge is -2.07. The maximum absolute atomic E-state index is 11.7. The van der Waals surface area contributed by atoms with Crippen molar-refractivity contribution in [2.75, 3.05) is 20.8 Å². The Balaban J connectivity index is 1.86. The number of nitrogens with one attached hydrogen (secondary N) is 1. The number of nitrogens with zero attached hydrogens (tertiary/aromatic N) is 1. The fourth-order valence-electron chi connectivity index (χ4n) is 1.91. The van der Waals surface area contributed by atoms with Crippen LogP contribution in [0.15, 0.2) is 47.6 Å². The van der Waals surface area contributed by atoms with Crippen LogP contribution in [-0.2, 0) is 4.79 Å². The number of carbonyl (C=O) groups is 1. The number of ether oxygens (including phenoxy) is 3. The van der Waals surface area contributed by atoms with E-state index in [1.807, 2.05) is 31.2 Å². The molecule has 0 heterocycles. The van der Waals surface area contributed by atoms with Crippen molar-refractivity contribution in [3.8, 4) is 17.2 Å². The summed E-state index contributed by atoms with van der Waals surface area (Å²) >= 11 is 0. The Hall–Kier alpha value is -3.02. The maximum Gasteiger partial charge on any atom is 0.277 e. The molecule has 2 aromatic rings. The highest BCUT2D eigenvalue weighted by Crippen LogP contribution is 2.22. The Morgan fingerprint density at radius 1 is 1.08 bits per heavy atom. The van der Waals surface area contributed by atoms with E-state index in [1.54, 1.807) is 32.4 Å². The van der Waals surface area contributed by atoms with Crippen molar-refractivity contribution in [2.45, 2.75) is 6.92 Å². The lowest BCUT2D eigenvalue weighted by Crippen LogP contribution is -2.24. The van der Waals surface area contributed by atoms with Crippen molar-refractivity contribution < 1.29 is 19.0 Å². The quantitative estimate of drug-likeness (QED) is 0.626. The number of hydrazone groups is 1. The van der Waals surface area contributed by atoms with E-state index >= 15 is 0 Å². The first-order chi connectivity index (χ1) is 11.6. The predicted octanol–water partition coefficient (Wildman–Crippen LogP) is 2.54. The number of hydrogen-bond acceptors (Lipinski definition) is 5. The van der Waals surface area contributed by atoms with Gasteiger partial charge in [0, 0.05) is 11.6 Å². The van der Waals surface area contributed by atoms with E-state index in [2.05, 4.69) is 10.5 Å². The monoisotopic (exact) mass is 328 g/mol. The molecule has 2 rings (SSSR count). The molecule has 0 atom stereocenters. The Bertz CT molecular complexity index is 711. The normalized spacial score (nSPS) is 10.5. The summed E-state index contributed by atoms with van der Waals surface area (Å²) in [7, 11) is 3.14. The van der Waals surface area contributed by atoms with Crippen molar-refractivity contribution in [2.24, 2.45) is 5.10 Å². The molecular formula is C18H20N2O4. The lowest BCUT2D eigenvalue weighted by molar-refractivity contribution is -0.123.